The van der Waals surface area contributed by atoms with Gasteiger partial charge in [-0.2, -0.15) is 0 Å². The first kappa shape index (κ1) is 11.1. The van der Waals surface area contributed by atoms with Crippen LogP contribution in [-0.4, -0.2) is 16.0 Å². The second kappa shape index (κ2) is 4.60. The number of hydrogen-bond donors (Lipinski definition) is 2. The summed E-state index contributed by atoms with van der Waals surface area (Å²) in [4.78, 5) is 15.2. The average Bonchev–Trinajstić information content (AvgIpc) is 2.82. The highest BCUT2D eigenvalue weighted by atomic mass is 19.1. The van der Waals surface area contributed by atoms with E-state index in [1.807, 2.05) is 0 Å². The molecule has 0 unspecified atom stereocenters. The third-order valence-corrected chi connectivity index (χ3v) is 2.04. The van der Waals surface area contributed by atoms with E-state index in [0.717, 1.165) is 12.3 Å². The number of halogens is 1. The summed E-state index contributed by atoms with van der Waals surface area (Å²) in [5, 5.41) is 5.99. The molecular weight excluding hydrogens is 227 g/mol. The van der Waals surface area contributed by atoms with Crippen molar-refractivity contribution in [2.75, 3.05) is 5.73 Å². The van der Waals surface area contributed by atoms with Crippen LogP contribution >= 0.6 is 0 Å². The van der Waals surface area contributed by atoms with Gasteiger partial charge in [-0.05, 0) is 6.07 Å². The van der Waals surface area contributed by atoms with Crippen LogP contribution in [0.2, 0.25) is 0 Å². The first-order valence-electron chi connectivity index (χ1n) is 4.75. The summed E-state index contributed by atoms with van der Waals surface area (Å²) in [6, 6.07) is 2.63. The Labute approximate surface area is 95.6 Å². The number of aromatic nitrogens is 2. The van der Waals surface area contributed by atoms with Crippen molar-refractivity contribution in [3.63, 3.8) is 0 Å². The van der Waals surface area contributed by atoms with Gasteiger partial charge in [0.1, 0.15) is 11.6 Å². The standard InChI is InChI=1S/C10H9FN4O2/c11-6-3-8(9(12)13-4-6)10(16)14-5-7-1-2-15-17-7/h1-4H,5H2,(H2,12,13)(H,14,16). The quantitative estimate of drug-likeness (QED) is 0.818. The summed E-state index contributed by atoms with van der Waals surface area (Å²) in [6.07, 6.45) is 2.40. The maximum Gasteiger partial charge on any atom is 0.255 e. The SMILES string of the molecule is Nc1ncc(F)cc1C(=O)NCc1ccno1. The molecule has 0 aliphatic heterocycles. The molecule has 2 heterocycles. The zero-order valence-electron chi connectivity index (χ0n) is 8.68. The van der Waals surface area contributed by atoms with Crippen LogP contribution in [0, 0.1) is 5.82 Å². The largest absolute Gasteiger partial charge is 0.383 e. The lowest BCUT2D eigenvalue weighted by Crippen LogP contribution is -2.24. The molecule has 0 saturated carbocycles. The first-order chi connectivity index (χ1) is 8.16. The van der Waals surface area contributed by atoms with Gasteiger partial charge in [-0.3, -0.25) is 4.79 Å². The van der Waals surface area contributed by atoms with Gasteiger partial charge in [0.25, 0.3) is 5.91 Å². The molecule has 17 heavy (non-hydrogen) atoms. The summed E-state index contributed by atoms with van der Waals surface area (Å²) in [5.74, 6) is -0.683. The van der Waals surface area contributed by atoms with Crippen LogP contribution in [0.25, 0.3) is 0 Å². The molecule has 7 heteroatoms. The Morgan fingerprint density at radius 2 is 2.41 bits per heavy atom. The molecule has 2 rings (SSSR count). The Bertz CT molecular complexity index is 527. The molecular formula is C10H9FN4O2. The number of nitrogens with zero attached hydrogens (tertiary/aromatic N) is 2. The maximum absolute atomic E-state index is 12.9. The van der Waals surface area contributed by atoms with Crippen LogP contribution in [0.3, 0.4) is 0 Å². The molecule has 0 saturated heterocycles. The average molecular weight is 236 g/mol. The van der Waals surface area contributed by atoms with E-state index < -0.39 is 11.7 Å². The van der Waals surface area contributed by atoms with Crippen LogP contribution in [0.1, 0.15) is 16.1 Å². The van der Waals surface area contributed by atoms with Gasteiger partial charge in [-0.15, -0.1) is 0 Å². The molecule has 0 fully saturated rings. The van der Waals surface area contributed by atoms with Crippen LogP contribution < -0.4 is 11.1 Å². The summed E-state index contributed by atoms with van der Waals surface area (Å²) < 4.78 is 17.7. The third-order valence-electron chi connectivity index (χ3n) is 2.04. The lowest BCUT2D eigenvalue weighted by atomic mass is 10.2. The van der Waals surface area contributed by atoms with Crippen LogP contribution in [0.5, 0.6) is 0 Å². The smallest absolute Gasteiger partial charge is 0.255 e. The molecule has 88 valence electrons. The van der Waals surface area contributed by atoms with Crippen molar-refractivity contribution in [1.82, 2.24) is 15.5 Å². The van der Waals surface area contributed by atoms with E-state index in [2.05, 4.69) is 15.5 Å². The summed E-state index contributed by atoms with van der Waals surface area (Å²) in [7, 11) is 0. The second-order valence-electron chi connectivity index (χ2n) is 3.25. The van der Waals surface area contributed by atoms with Crippen LogP contribution in [0.15, 0.2) is 29.0 Å². The van der Waals surface area contributed by atoms with E-state index in [-0.39, 0.29) is 17.9 Å². The van der Waals surface area contributed by atoms with Crippen molar-refractivity contribution in [1.29, 1.82) is 0 Å². The molecule has 2 aromatic heterocycles. The minimum absolute atomic E-state index is 0.00971. The van der Waals surface area contributed by atoms with Gasteiger partial charge in [0, 0.05) is 6.07 Å². The number of amides is 1. The third kappa shape index (κ3) is 2.57. The molecule has 0 bridgehead atoms. The Balaban J connectivity index is 2.07. The van der Waals surface area contributed by atoms with E-state index in [0.29, 0.717) is 5.76 Å². The van der Waals surface area contributed by atoms with Gasteiger partial charge >= 0.3 is 0 Å². The van der Waals surface area contributed by atoms with E-state index in [1.165, 1.54) is 6.20 Å². The van der Waals surface area contributed by atoms with Crippen molar-refractivity contribution in [2.45, 2.75) is 6.54 Å². The Hall–Kier alpha value is -2.44. The number of nitrogens with one attached hydrogen (secondary N) is 1. The van der Waals surface area contributed by atoms with Crippen LogP contribution in [-0.2, 0) is 6.54 Å². The molecule has 3 N–H and O–H groups in total. The predicted molar refractivity (Wildman–Crippen MR) is 56.3 cm³/mol. The topological polar surface area (TPSA) is 94.0 Å². The van der Waals surface area contributed by atoms with Gasteiger partial charge in [0.2, 0.25) is 0 Å². The molecule has 0 spiro atoms. The fourth-order valence-corrected chi connectivity index (χ4v) is 1.23. The predicted octanol–water partition coefficient (Wildman–Crippen LogP) is 0.721. The number of pyridine rings is 1. The monoisotopic (exact) mass is 236 g/mol. The Morgan fingerprint density at radius 1 is 1.59 bits per heavy atom. The second-order valence-corrected chi connectivity index (χ2v) is 3.25. The van der Waals surface area contributed by atoms with E-state index in [1.54, 1.807) is 6.07 Å². The lowest BCUT2D eigenvalue weighted by Gasteiger charge is -2.05. The van der Waals surface area contributed by atoms with Gasteiger partial charge in [0.15, 0.2) is 5.76 Å². The fourth-order valence-electron chi connectivity index (χ4n) is 1.23. The molecule has 6 nitrogen and oxygen atoms in total. The zero-order valence-corrected chi connectivity index (χ0v) is 8.68. The summed E-state index contributed by atoms with van der Waals surface area (Å²) in [5.41, 5.74) is 5.46. The fraction of sp³-hybridized carbons (Fsp3) is 0.100. The molecule has 2 aromatic rings. The van der Waals surface area contributed by atoms with Gasteiger partial charge in [-0.1, -0.05) is 5.16 Å². The van der Waals surface area contributed by atoms with Crippen LogP contribution in [0.4, 0.5) is 10.2 Å². The van der Waals surface area contributed by atoms with Crippen molar-refractivity contribution in [3.05, 3.63) is 41.7 Å². The Kier molecular flexibility index (Phi) is 2.99. The first-order valence-corrected chi connectivity index (χ1v) is 4.75. The lowest BCUT2D eigenvalue weighted by molar-refractivity contribution is 0.0947. The molecule has 0 aliphatic rings. The van der Waals surface area contributed by atoms with Gasteiger partial charge in [0.05, 0.1) is 24.5 Å². The molecule has 0 atom stereocenters. The number of anilines is 1. The van der Waals surface area contributed by atoms with E-state index in [9.17, 15) is 9.18 Å². The number of carbonyl (C=O) groups is 1. The number of carbonyl (C=O) groups excluding carboxylic acids is 1. The summed E-state index contributed by atoms with van der Waals surface area (Å²) >= 11 is 0. The normalized spacial score (nSPS) is 10.2. The highest BCUT2D eigenvalue weighted by Gasteiger charge is 2.12. The van der Waals surface area contributed by atoms with Gasteiger partial charge in [-0.25, -0.2) is 9.37 Å². The number of rotatable bonds is 3. The maximum atomic E-state index is 12.9. The van der Waals surface area contributed by atoms with Crippen molar-refractivity contribution in [3.8, 4) is 0 Å². The number of nitrogens with two attached hydrogens (primary N) is 1. The van der Waals surface area contributed by atoms with Crippen molar-refractivity contribution >= 4 is 11.7 Å². The zero-order chi connectivity index (χ0) is 12.3. The van der Waals surface area contributed by atoms with Crippen molar-refractivity contribution < 1.29 is 13.7 Å². The van der Waals surface area contributed by atoms with E-state index >= 15 is 0 Å². The number of hydrogen-bond acceptors (Lipinski definition) is 5. The summed E-state index contributed by atoms with van der Waals surface area (Å²) in [6.45, 7) is 0.148. The highest BCUT2D eigenvalue weighted by molar-refractivity contribution is 5.98. The van der Waals surface area contributed by atoms with E-state index in [4.69, 9.17) is 10.3 Å². The molecule has 0 radical (unpaired) electrons. The van der Waals surface area contributed by atoms with Gasteiger partial charge < -0.3 is 15.6 Å². The number of nitrogen functional groups attached to an aromatic ring is 1. The molecule has 0 aromatic carbocycles. The highest BCUT2D eigenvalue weighted by Crippen LogP contribution is 2.09. The minimum atomic E-state index is -0.621. The molecule has 0 aliphatic carbocycles. The minimum Gasteiger partial charge on any atom is -0.383 e. The Morgan fingerprint density at radius 3 is 3.12 bits per heavy atom. The van der Waals surface area contributed by atoms with Crippen molar-refractivity contribution in [2.24, 2.45) is 0 Å². The molecule has 1 amide bonds.